The van der Waals surface area contributed by atoms with Gasteiger partial charge in [0.1, 0.15) is 0 Å². The van der Waals surface area contributed by atoms with Crippen molar-refractivity contribution in [3.8, 4) is 0 Å². The molecule has 1 saturated heterocycles. The average molecular weight is 327 g/mol. The number of hydrogen-bond acceptors (Lipinski definition) is 3. The van der Waals surface area contributed by atoms with E-state index in [1.807, 2.05) is 25.1 Å². The monoisotopic (exact) mass is 326 g/mol. The molecule has 2 heterocycles. The van der Waals surface area contributed by atoms with Crippen molar-refractivity contribution in [3.05, 3.63) is 30.1 Å². The summed E-state index contributed by atoms with van der Waals surface area (Å²) in [4.78, 5) is 6.46. The molecule has 19 heavy (non-hydrogen) atoms. The van der Waals surface area contributed by atoms with E-state index in [9.17, 15) is 0 Å². The van der Waals surface area contributed by atoms with Gasteiger partial charge in [-0.15, -0.1) is 5.10 Å². The first-order valence-electron chi connectivity index (χ1n) is 6.27. The molecular formula is C13H19CuN4S+3. The van der Waals surface area contributed by atoms with Crippen molar-refractivity contribution in [3.63, 3.8) is 0 Å². The molecule has 0 N–H and O–H groups in total. The maximum absolute atomic E-state index is 4.24. The van der Waals surface area contributed by atoms with Crippen LogP contribution in [-0.2, 0) is 29.7 Å². The Balaban J connectivity index is 0.00000180. The van der Waals surface area contributed by atoms with Crippen molar-refractivity contribution in [2.45, 2.75) is 26.2 Å². The van der Waals surface area contributed by atoms with E-state index in [-0.39, 0.29) is 17.1 Å². The zero-order chi connectivity index (χ0) is 12.8. The molecular weight excluding hydrogens is 308 g/mol. The molecule has 2 rings (SSSR count). The van der Waals surface area contributed by atoms with E-state index >= 15 is 0 Å². The summed E-state index contributed by atoms with van der Waals surface area (Å²) in [5.74, 6) is 0. The molecule has 0 aliphatic carbocycles. The summed E-state index contributed by atoms with van der Waals surface area (Å²) in [6.45, 7) is 4.03. The fraction of sp³-hybridized carbons (Fsp3) is 0.462. The normalized spacial score (nSPS) is 17.1. The second kappa shape index (κ2) is 8.35. The molecule has 0 amide bonds. The van der Waals surface area contributed by atoms with Gasteiger partial charge < -0.3 is 4.90 Å². The molecule has 0 aromatic carbocycles. The van der Waals surface area contributed by atoms with Gasteiger partial charge in [-0.2, -0.15) is 0 Å². The van der Waals surface area contributed by atoms with Gasteiger partial charge in [0, 0.05) is 31.9 Å². The van der Waals surface area contributed by atoms with E-state index < -0.39 is 0 Å². The Kier molecular flexibility index (Phi) is 7.13. The van der Waals surface area contributed by atoms with Crippen LogP contribution in [0, 0.1) is 0 Å². The summed E-state index contributed by atoms with van der Waals surface area (Å²) in [6.07, 6.45) is 5.53. The molecule has 6 heteroatoms. The Bertz CT molecular complexity index is 441. The van der Waals surface area contributed by atoms with Gasteiger partial charge in [-0.25, -0.2) is 0 Å². The molecule has 1 aromatic heterocycles. The molecule has 1 fully saturated rings. The number of hydrogen-bond donors (Lipinski definition) is 0. The minimum Gasteiger partial charge on any atom is -0.315 e. The van der Waals surface area contributed by atoms with Crippen LogP contribution in [0.2, 0.25) is 0 Å². The molecule has 1 aliphatic rings. The summed E-state index contributed by atoms with van der Waals surface area (Å²) in [7, 11) is 0. The zero-order valence-electron chi connectivity index (χ0n) is 10.9. The van der Waals surface area contributed by atoms with Crippen molar-refractivity contribution >= 4 is 23.5 Å². The smallest absolute Gasteiger partial charge is 0.315 e. The Hall–Kier alpha value is -0.841. The van der Waals surface area contributed by atoms with Crippen molar-refractivity contribution < 1.29 is 17.1 Å². The summed E-state index contributed by atoms with van der Waals surface area (Å²) in [5.41, 5.74) is 1.68. The standard InChI is InChI=1S/C13H18N4S.Cu/c1-11(12-7-3-4-8-14-12)15-16-13(18)17-9-5-2-6-10-17;/h3-4,7-8H,2,5-6,9-10H2,1H3,(H,16,18);/q;+2/p+1. The van der Waals surface area contributed by atoms with Crippen LogP contribution in [0.4, 0.5) is 0 Å². The van der Waals surface area contributed by atoms with Gasteiger partial charge >= 0.3 is 22.2 Å². The number of rotatable bonds is 2. The van der Waals surface area contributed by atoms with E-state index in [0.29, 0.717) is 0 Å². The minimum absolute atomic E-state index is 0. The summed E-state index contributed by atoms with van der Waals surface area (Å²) < 4.78 is 0. The fourth-order valence-electron chi connectivity index (χ4n) is 1.92. The van der Waals surface area contributed by atoms with E-state index in [1.165, 1.54) is 19.3 Å². The number of nitrogens with zero attached hydrogens (tertiary/aromatic N) is 4. The Labute approximate surface area is 130 Å². The quantitative estimate of drug-likeness (QED) is 0.273. The number of likely N-dealkylation sites (tertiary alicyclic amines) is 1. The topological polar surface area (TPSA) is 40.9 Å². The van der Waals surface area contributed by atoms with E-state index in [2.05, 4.69) is 32.7 Å². The molecule has 4 nitrogen and oxygen atoms in total. The molecule has 1 radical (unpaired) electrons. The van der Waals surface area contributed by atoms with Crippen LogP contribution in [0.15, 0.2) is 34.6 Å². The molecule has 0 saturated carbocycles. The van der Waals surface area contributed by atoms with Gasteiger partial charge in [-0.3, -0.25) is 4.98 Å². The number of piperidine rings is 1. The minimum atomic E-state index is 0. The van der Waals surface area contributed by atoms with Crippen molar-refractivity contribution in [2.75, 3.05) is 13.1 Å². The van der Waals surface area contributed by atoms with Crippen molar-refractivity contribution in [1.82, 2.24) is 9.88 Å². The third-order valence-electron chi connectivity index (χ3n) is 2.99. The molecule has 0 spiro atoms. The molecule has 105 valence electrons. The van der Waals surface area contributed by atoms with Gasteiger partial charge in [-0.05, 0) is 38.3 Å². The van der Waals surface area contributed by atoms with Crippen molar-refractivity contribution in [2.24, 2.45) is 10.2 Å². The molecule has 1 aliphatic heterocycles. The molecule has 0 unspecified atom stereocenters. The van der Waals surface area contributed by atoms with Gasteiger partial charge in [0.25, 0.3) is 0 Å². The predicted octanol–water partition coefficient (Wildman–Crippen LogP) is 1.66. The summed E-state index contributed by atoms with van der Waals surface area (Å²) in [6, 6.07) is 5.77. The Morgan fingerprint density at radius 3 is 2.58 bits per heavy atom. The van der Waals surface area contributed by atoms with Crippen LogP contribution >= 0.6 is 0 Å². The SMILES string of the molecule is CC(=NN=C([SH2+])N1CCCCC1)c1ccccn1.[Cu+2]. The van der Waals surface area contributed by atoms with Gasteiger partial charge in [0.05, 0.1) is 11.4 Å². The van der Waals surface area contributed by atoms with Crippen molar-refractivity contribution in [1.29, 1.82) is 0 Å². The van der Waals surface area contributed by atoms with Gasteiger partial charge in [0.15, 0.2) is 0 Å². The number of pyridine rings is 1. The summed E-state index contributed by atoms with van der Waals surface area (Å²) >= 11 is 3.54. The first kappa shape index (κ1) is 16.2. The predicted molar refractivity (Wildman–Crippen MR) is 79.5 cm³/mol. The third kappa shape index (κ3) is 4.97. The van der Waals surface area contributed by atoms with E-state index in [4.69, 9.17) is 0 Å². The van der Waals surface area contributed by atoms with Crippen LogP contribution in [-0.4, -0.2) is 33.9 Å². The number of aromatic nitrogens is 1. The van der Waals surface area contributed by atoms with Crippen LogP contribution < -0.4 is 0 Å². The first-order valence-corrected chi connectivity index (χ1v) is 6.77. The zero-order valence-corrected chi connectivity index (χ0v) is 12.9. The summed E-state index contributed by atoms with van der Waals surface area (Å²) in [5, 5.41) is 9.26. The maximum atomic E-state index is 4.24. The largest absolute Gasteiger partial charge is 2.00 e. The average Bonchev–Trinajstić information content (AvgIpc) is 2.46. The van der Waals surface area contributed by atoms with E-state index in [0.717, 1.165) is 29.7 Å². The second-order valence-corrected chi connectivity index (χ2v) is 4.82. The second-order valence-electron chi connectivity index (χ2n) is 4.37. The Morgan fingerprint density at radius 1 is 1.21 bits per heavy atom. The van der Waals surface area contributed by atoms with Crippen LogP contribution in [0.1, 0.15) is 31.9 Å². The van der Waals surface area contributed by atoms with Crippen LogP contribution in [0.25, 0.3) is 0 Å². The maximum Gasteiger partial charge on any atom is 2.00 e. The number of amidine groups is 1. The molecule has 1 aromatic rings. The van der Waals surface area contributed by atoms with E-state index in [1.54, 1.807) is 6.20 Å². The van der Waals surface area contributed by atoms with Crippen LogP contribution in [0.3, 0.4) is 0 Å². The van der Waals surface area contributed by atoms with Gasteiger partial charge in [0.2, 0.25) is 0 Å². The van der Waals surface area contributed by atoms with Crippen LogP contribution in [0.5, 0.6) is 0 Å². The Morgan fingerprint density at radius 2 is 1.95 bits per heavy atom. The third-order valence-corrected chi connectivity index (χ3v) is 3.40. The molecule has 0 atom stereocenters. The molecule has 0 bridgehead atoms. The first-order chi connectivity index (χ1) is 8.77. The fourth-order valence-corrected chi connectivity index (χ4v) is 2.19. The van der Waals surface area contributed by atoms with Gasteiger partial charge in [-0.1, -0.05) is 11.2 Å².